The minimum Gasteiger partial charge on any atom is -0.206 e. The normalized spacial score (nSPS) is 30.2. The van der Waals surface area contributed by atoms with Crippen molar-refractivity contribution >= 4 is 0 Å². The zero-order chi connectivity index (χ0) is 18.9. The number of halogens is 5. The maximum Gasteiger partial charge on any atom is 0.422 e. The fraction of sp³-hybridized carbons (Fsp3) is 0.619. The Morgan fingerprint density at radius 2 is 1.27 bits per heavy atom. The molecular weight excluding hydrogens is 347 g/mol. The van der Waals surface area contributed by atoms with Gasteiger partial charge in [-0.2, -0.15) is 13.2 Å². The van der Waals surface area contributed by atoms with E-state index in [1.54, 1.807) is 0 Å². The van der Waals surface area contributed by atoms with Gasteiger partial charge in [0.1, 0.15) is 17.2 Å². The highest BCUT2D eigenvalue weighted by Gasteiger charge is 2.38. The molecule has 0 spiro atoms. The van der Waals surface area contributed by atoms with Crippen LogP contribution in [0.2, 0.25) is 0 Å². The van der Waals surface area contributed by atoms with Crippen molar-refractivity contribution in [2.75, 3.05) is 0 Å². The van der Waals surface area contributed by atoms with Crippen LogP contribution in [0.5, 0.6) is 0 Å². The topological polar surface area (TPSA) is 0 Å². The van der Waals surface area contributed by atoms with Gasteiger partial charge in [0, 0.05) is 0 Å². The van der Waals surface area contributed by atoms with Crippen LogP contribution in [0.3, 0.4) is 0 Å². The van der Waals surface area contributed by atoms with Crippen LogP contribution in [-0.2, 0) is 6.18 Å². The Morgan fingerprint density at radius 3 is 1.69 bits per heavy atom. The van der Waals surface area contributed by atoms with Crippen molar-refractivity contribution in [2.45, 2.75) is 63.5 Å². The number of allylic oxidation sites excluding steroid dienone is 1. The molecule has 5 heteroatoms. The minimum absolute atomic E-state index is 0.0537. The molecular formula is C21H25F5. The molecule has 0 N–H and O–H groups in total. The van der Waals surface area contributed by atoms with Crippen molar-refractivity contribution < 1.29 is 22.0 Å². The van der Waals surface area contributed by atoms with Gasteiger partial charge in [0.15, 0.2) is 0 Å². The van der Waals surface area contributed by atoms with Crippen LogP contribution < -0.4 is 0 Å². The van der Waals surface area contributed by atoms with E-state index in [9.17, 15) is 22.0 Å². The van der Waals surface area contributed by atoms with Crippen LogP contribution in [0.15, 0.2) is 24.8 Å². The second-order valence-corrected chi connectivity index (χ2v) is 7.88. The average Bonchev–Trinajstić information content (AvgIpc) is 2.60. The van der Waals surface area contributed by atoms with Crippen LogP contribution >= 0.6 is 0 Å². The van der Waals surface area contributed by atoms with E-state index in [1.165, 1.54) is 25.7 Å². The summed E-state index contributed by atoms with van der Waals surface area (Å²) in [5.74, 6) is -1.10. The molecule has 0 radical (unpaired) electrons. The van der Waals surface area contributed by atoms with Gasteiger partial charge in [-0.25, -0.2) is 8.78 Å². The monoisotopic (exact) mass is 372 g/mol. The van der Waals surface area contributed by atoms with Crippen LogP contribution in [0, 0.1) is 29.4 Å². The lowest BCUT2D eigenvalue weighted by atomic mass is 9.68. The van der Waals surface area contributed by atoms with E-state index in [1.807, 2.05) is 6.08 Å². The molecule has 2 aliphatic rings. The average molecular weight is 372 g/mol. The summed E-state index contributed by atoms with van der Waals surface area (Å²) in [7, 11) is 0. The zero-order valence-corrected chi connectivity index (χ0v) is 14.8. The number of rotatable bonds is 3. The summed E-state index contributed by atoms with van der Waals surface area (Å²) in [5, 5.41) is 0. The lowest BCUT2D eigenvalue weighted by Crippen LogP contribution is -2.25. The highest BCUT2D eigenvalue weighted by atomic mass is 19.4. The van der Waals surface area contributed by atoms with Crippen molar-refractivity contribution in [2.24, 2.45) is 17.8 Å². The van der Waals surface area contributed by atoms with Gasteiger partial charge in [-0.15, -0.1) is 6.58 Å². The van der Waals surface area contributed by atoms with E-state index in [0.717, 1.165) is 37.8 Å². The minimum atomic E-state index is -5.01. The van der Waals surface area contributed by atoms with Crippen LogP contribution in [0.1, 0.15) is 68.4 Å². The molecule has 0 atom stereocenters. The number of hydrogen-bond acceptors (Lipinski definition) is 0. The van der Waals surface area contributed by atoms with Gasteiger partial charge in [-0.05, 0) is 92.7 Å². The third-order valence-electron chi connectivity index (χ3n) is 6.41. The van der Waals surface area contributed by atoms with E-state index in [4.69, 9.17) is 0 Å². The van der Waals surface area contributed by atoms with E-state index in [-0.39, 0.29) is 5.92 Å². The molecule has 0 bridgehead atoms. The van der Waals surface area contributed by atoms with Crippen molar-refractivity contribution in [3.05, 3.63) is 47.5 Å². The largest absolute Gasteiger partial charge is 0.422 e. The summed E-state index contributed by atoms with van der Waals surface area (Å²) < 4.78 is 65.8. The first-order valence-electron chi connectivity index (χ1n) is 9.48. The van der Waals surface area contributed by atoms with Crippen molar-refractivity contribution in [3.63, 3.8) is 0 Å². The SMILES string of the molecule is C=C[C@H]1CC[C@H]([C@H]2CC[C@H](c3cc(F)c(C(F)(F)F)c(F)c3)CC2)CC1. The lowest BCUT2D eigenvalue weighted by molar-refractivity contribution is -0.142. The van der Waals surface area contributed by atoms with Gasteiger partial charge in [-0.3, -0.25) is 0 Å². The van der Waals surface area contributed by atoms with Gasteiger partial charge in [0.25, 0.3) is 0 Å². The van der Waals surface area contributed by atoms with Gasteiger partial charge < -0.3 is 0 Å². The first-order chi connectivity index (χ1) is 12.3. The summed E-state index contributed by atoms with van der Waals surface area (Å²) in [6.45, 7) is 3.87. The number of benzene rings is 1. The molecule has 26 heavy (non-hydrogen) atoms. The molecule has 3 rings (SSSR count). The van der Waals surface area contributed by atoms with Gasteiger partial charge >= 0.3 is 6.18 Å². The zero-order valence-electron chi connectivity index (χ0n) is 14.8. The molecule has 0 unspecified atom stereocenters. The predicted octanol–water partition coefficient (Wildman–Crippen LogP) is 7.25. The standard InChI is InChI=1S/C21H25F5/c1-2-13-3-5-14(6-4-13)15-7-9-16(10-8-15)17-11-18(22)20(19(23)12-17)21(24,25)26/h2,11-16H,1,3-10H2/t13-,14-,15-,16-. The van der Waals surface area contributed by atoms with Crippen molar-refractivity contribution in [1.82, 2.24) is 0 Å². The Balaban J connectivity index is 1.63. The molecule has 144 valence electrons. The first-order valence-corrected chi connectivity index (χ1v) is 9.48. The summed E-state index contributed by atoms with van der Waals surface area (Å²) in [5.41, 5.74) is -1.42. The fourth-order valence-electron chi connectivity index (χ4n) is 4.88. The first kappa shape index (κ1) is 19.4. The highest BCUT2D eigenvalue weighted by Crippen LogP contribution is 2.45. The van der Waals surface area contributed by atoms with Crippen molar-refractivity contribution in [3.8, 4) is 0 Å². The second kappa shape index (κ2) is 7.69. The Kier molecular flexibility index (Phi) is 5.73. The summed E-state index contributed by atoms with van der Waals surface area (Å²) in [4.78, 5) is 0. The second-order valence-electron chi connectivity index (χ2n) is 7.88. The highest BCUT2D eigenvalue weighted by molar-refractivity contribution is 5.30. The molecule has 2 saturated carbocycles. The molecule has 2 aliphatic carbocycles. The van der Waals surface area contributed by atoms with Crippen LogP contribution in [0.4, 0.5) is 22.0 Å². The van der Waals surface area contributed by atoms with Gasteiger partial charge in [-0.1, -0.05) is 6.08 Å². The Morgan fingerprint density at radius 1 is 0.808 bits per heavy atom. The Labute approximate surface area is 151 Å². The summed E-state index contributed by atoms with van der Waals surface area (Å²) >= 11 is 0. The Bertz CT molecular complexity index is 609. The molecule has 0 aromatic heterocycles. The Hall–Kier alpha value is -1.39. The third-order valence-corrected chi connectivity index (χ3v) is 6.41. The molecule has 0 nitrogen and oxygen atoms in total. The van der Waals surface area contributed by atoms with Gasteiger partial charge in [0.05, 0.1) is 0 Å². The molecule has 1 aromatic rings. The van der Waals surface area contributed by atoms with Crippen molar-refractivity contribution in [1.29, 1.82) is 0 Å². The summed E-state index contributed by atoms with van der Waals surface area (Å²) in [6, 6.07) is 1.76. The maximum atomic E-state index is 13.8. The van der Waals surface area contributed by atoms with E-state index in [0.29, 0.717) is 23.3 Å². The quantitative estimate of drug-likeness (QED) is 0.387. The fourth-order valence-corrected chi connectivity index (χ4v) is 4.88. The smallest absolute Gasteiger partial charge is 0.206 e. The van der Waals surface area contributed by atoms with Crippen LogP contribution in [-0.4, -0.2) is 0 Å². The van der Waals surface area contributed by atoms with E-state index < -0.39 is 23.4 Å². The van der Waals surface area contributed by atoms with Crippen LogP contribution in [0.25, 0.3) is 0 Å². The van der Waals surface area contributed by atoms with Gasteiger partial charge in [0.2, 0.25) is 0 Å². The van der Waals surface area contributed by atoms with E-state index >= 15 is 0 Å². The third kappa shape index (κ3) is 4.12. The molecule has 0 saturated heterocycles. The molecule has 2 fully saturated rings. The summed E-state index contributed by atoms with van der Waals surface area (Å²) in [6.07, 6.45) is 5.36. The molecule has 0 amide bonds. The van der Waals surface area contributed by atoms with E-state index in [2.05, 4.69) is 6.58 Å². The maximum absolute atomic E-state index is 13.8. The lowest BCUT2D eigenvalue weighted by Gasteiger charge is -2.37. The number of alkyl halides is 3. The molecule has 1 aromatic carbocycles. The molecule has 0 heterocycles. The predicted molar refractivity (Wildman–Crippen MR) is 91.7 cm³/mol. The number of hydrogen-bond donors (Lipinski definition) is 0. The molecule has 0 aliphatic heterocycles.